The Hall–Kier alpha value is -1.37. The van der Waals surface area contributed by atoms with Gasteiger partial charge >= 0.3 is 0 Å². The van der Waals surface area contributed by atoms with E-state index in [0.29, 0.717) is 0 Å². The normalized spacial score (nSPS) is 12.2. The predicted octanol–water partition coefficient (Wildman–Crippen LogP) is 6.16. The maximum absolute atomic E-state index is 5.06. The lowest BCUT2D eigenvalue weighted by Gasteiger charge is -2.32. The van der Waals surface area contributed by atoms with Crippen molar-refractivity contribution >= 4 is 10.9 Å². The third-order valence-electron chi connectivity index (χ3n) is 6.21. The van der Waals surface area contributed by atoms with Crippen LogP contribution >= 0.6 is 0 Å². The number of aromatic nitrogens is 1. The number of hydrogen-bond acceptors (Lipinski definition) is 1. The summed E-state index contributed by atoms with van der Waals surface area (Å²) in [5.41, 5.74) is 11.1. The first-order valence-corrected chi connectivity index (χ1v) is 8.57. The van der Waals surface area contributed by atoms with Crippen molar-refractivity contribution in [3.05, 3.63) is 39.1 Å². The molecule has 0 radical (unpaired) electrons. The second-order valence-electron chi connectivity index (χ2n) is 7.19. The van der Waals surface area contributed by atoms with Gasteiger partial charge in [-0.1, -0.05) is 20.8 Å². The summed E-state index contributed by atoms with van der Waals surface area (Å²) in [4.78, 5) is 5.06. The summed E-state index contributed by atoms with van der Waals surface area (Å²) in [6.45, 7) is 20.4. The molecular weight excluding hydrogens is 266 g/mol. The van der Waals surface area contributed by atoms with Gasteiger partial charge < -0.3 is 0 Å². The maximum atomic E-state index is 5.06. The molecule has 1 aromatic carbocycles. The molecule has 0 bridgehead atoms. The van der Waals surface area contributed by atoms with E-state index in [1.807, 2.05) is 0 Å². The summed E-state index contributed by atoms with van der Waals surface area (Å²) in [6.07, 6.45) is 2.31. The molecule has 0 aliphatic carbocycles. The molecule has 0 amide bonds. The SMILES string of the molecule is CCC(C)(CC)c1c(C)nc2c(C)c(C)c(C)c(C)c2c1C. The molecule has 0 atom stereocenters. The monoisotopic (exact) mass is 297 g/mol. The highest BCUT2D eigenvalue weighted by Gasteiger charge is 2.28. The second kappa shape index (κ2) is 5.68. The third-order valence-corrected chi connectivity index (χ3v) is 6.21. The van der Waals surface area contributed by atoms with Crippen LogP contribution in [0.5, 0.6) is 0 Å². The highest BCUT2D eigenvalue weighted by atomic mass is 14.7. The first-order valence-electron chi connectivity index (χ1n) is 8.57. The fourth-order valence-corrected chi connectivity index (χ4v) is 4.00. The van der Waals surface area contributed by atoms with Crippen molar-refractivity contribution in [2.24, 2.45) is 0 Å². The van der Waals surface area contributed by atoms with Crippen LogP contribution in [0.25, 0.3) is 10.9 Å². The van der Waals surface area contributed by atoms with E-state index in [1.165, 1.54) is 50.0 Å². The van der Waals surface area contributed by atoms with Gasteiger partial charge in [0, 0.05) is 11.1 Å². The number of aryl methyl sites for hydroxylation is 4. The average molecular weight is 297 g/mol. The molecular formula is C21H31N. The molecule has 22 heavy (non-hydrogen) atoms. The maximum Gasteiger partial charge on any atom is 0.0742 e. The van der Waals surface area contributed by atoms with Crippen molar-refractivity contribution in [3.8, 4) is 0 Å². The van der Waals surface area contributed by atoms with E-state index in [4.69, 9.17) is 4.98 Å². The molecule has 2 aromatic rings. The van der Waals surface area contributed by atoms with Crippen LogP contribution in [0.2, 0.25) is 0 Å². The van der Waals surface area contributed by atoms with Crippen LogP contribution in [0, 0.1) is 41.5 Å². The second-order valence-corrected chi connectivity index (χ2v) is 7.19. The average Bonchev–Trinajstić information content (AvgIpc) is 2.49. The van der Waals surface area contributed by atoms with Gasteiger partial charge in [-0.05, 0) is 93.2 Å². The fourth-order valence-electron chi connectivity index (χ4n) is 4.00. The van der Waals surface area contributed by atoms with Gasteiger partial charge in [-0.15, -0.1) is 0 Å². The van der Waals surface area contributed by atoms with Crippen molar-refractivity contribution in [1.82, 2.24) is 4.98 Å². The lowest BCUT2D eigenvalue weighted by Crippen LogP contribution is -2.23. The zero-order chi connectivity index (χ0) is 16.8. The molecule has 0 N–H and O–H groups in total. The summed E-state index contributed by atoms with van der Waals surface area (Å²) in [6, 6.07) is 0. The zero-order valence-electron chi connectivity index (χ0n) is 15.9. The van der Waals surface area contributed by atoms with Crippen LogP contribution in [0.1, 0.15) is 72.7 Å². The molecule has 0 fully saturated rings. The smallest absolute Gasteiger partial charge is 0.0742 e. The molecule has 2 rings (SSSR count). The minimum absolute atomic E-state index is 0.217. The van der Waals surface area contributed by atoms with Gasteiger partial charge in [0.25, 0.3) is 0 Å². The standard InChI is InChI=1S/C21H31N/c1-10-21(9,11-2)19-16(7)18-14(5)12(3)13(4)15(6)20(18)22-17(19)8/h10-11H2,1-9H3. The molecule has 1 heteroatoms. The Morgan fingerprint density at radius 2 is 1.23 bits per heavy atom. The predicted molar refractivity (Wildman–Crippen MR) is 98.1 cm³/mol. The topological polar surface area (TPSA) is 12.9 Å². The Labute approximate surface area is 136 Å². The van der Waals surface area contributed by atoms with E-state index < -0.39 is 0 Å². The number of nitrogens with zero attached hydrogens (tertiary/aromatic N) is 1. The summed E-state index contributed by atoms with van der Waals surface area (Å²) < 4.78 is 0. The van der Waals surface area contributed by atoms with Crippen LogP contribution in [0.3, 0.4) is 0 Å². The van der Waals surface area contributed by atoms with E-state index in [2.05, 4.69) is 62.3 Å². The quantitative estimate of drug-likeness (QED) is 0.661. The Balaban J connectivity index is 3.02. The molecule has 1 aromatic heterocycles. The number of hydrogen-bond donors (Lipinski definition) is 0. The first-order chi connectivity index (χ1) is 10.2. The Morgan fingerprint density at radius 3 is 1.73 bits per heavy atom. The Morgan fingerprint density at radius 1 is 0.727 bits per heavy atom. The summed E-state index contributed by atoms with van der Waals surface area (Å²) in [5, 5.41) is 1.38. The molecule has 0 aliphatic rings. The van der Waals surface area contributed by atoms with Crippen LogP contribution in [0.4, 0.5) is 0 Å². The molecule has 0 saturated heterocycles. The number of benzene rings is 1. The van der Waals surface area contributed by atoms with Crippen LogP contribution in [-0.2, 0) is 5.41 Å². The molecule has 0 saturated carbocycles. The Bertz CT molecular complexity index is 734. The molecule has 0 spiro atoms. The molecule has 1 nitrogen and oxygen atoms in total. The fraction of sp³-hybridized carbons (Fsp3) is 0.571. The van der Waals surface area contributed by atoms with Crippen LogP contribution < -0.4 is 0 Å². The van der Waals surface area contributed by atoms with Crippen molar-refractivity contribution in [2.75, 3.05) is 0 Å². The van der Waals surface area contributed by atoms with Crippen LogP contribution in [0.15, 0.2) is 0 Å². The summed E-state index contributed by atoms with van der Waals surface area (Å²) in [5.74, 6) is 0. The summed E-state index contributed by atoms with van der Waals surface area (Å²) in [7, 11) is 0. The van der Waals surface area contributed by atoms with E-state index in [1.54, 1.807) is 0 Å². The minimum Gasteiger partial charge on any atom is -0.253 e. The molecule has 0 unspecified atom stereocenters. The minimum atomic E-state index is 0.217. The highest BCUT2D eigenvalue weighted by molar-refractivity contribution is 5.91. The van der Waals surface area contributed by atoms with E-state index in [9.17, 15) is 0 Å². The van der Waals surface area contributed by atoms with Crippen molar-refractivity contribution in [1.29, 1.82) is 0 Å². The van der Waals surface area contributed by atoms with Gasteiger partial charge in [0.15, 0.2) is 0 Å². The lowest BCUT2D eigenvalue weighted by molar-refractivity contribution is 0.433. The third kappa shape index (κ3) is 2.26. The van der Waals surface area contributed by atoms with Gasteiger partial charge in [-0.25, -0.2) is 0 Å². The number of rotatable bonds is 3. The van der Waals surface area contributed by atoms with Gasteiger partial charge in [0.05, 0.1) is 5.52 Å². The van der Waals surface area contributed by atoms with Gasteiger partial charge in [0.2, 0.25) is 0 Å². The van der Waals surface area contributed by atoms with E-state index in [0.717, 1.165) is 12.8 Å². The Kier molecular flexibility index (Phi) is 4.39. The number of fused-ring (bicyclic) bond motifs is 1. The lowest BCUT2D eigenvalue weighted by atomic mass is 9.74. The molecule has 0 aliphatic heterocycles. The van der Waals surface area contributed by atoms with Crippen molar-refractivity contribution in [3.63, 3.8) is 0 Å². The van der Waals surface area contributed by atoms with Gasteiger partial charge in [-0.2, -0.15) is 0 Å². The van der Waals surface area contributed by atoms with Crippen molar-refractivity contribution in [2.45, 2.75) is 80.6 Å². The molecule has 120 valence electrons. The van der Waals surface area contributed by atoms with Gasteiger partial charge in [0.1, 0.15) is 0 Å². The highest BCUT2D eigenvalue weighted by Crippen LogP contribution is 2.40. The summed E-state index contributed by atoms with van der Waals surface area (Å²) >= 11 is 0. The largest absolute Gasteiger partial charge is 0.253 e. The number of pyridine rings is 1. The van der Waals surface area contributed by atoms with Crippen molar-refractivity contribution < 1.29 is 0 Å². The van der Waals surface area contributed by atoms with E-state index >= 15 is 0 Å². The van der Waals surface area contributed by atoms with Gasteiger partial charge in [-0.3, -0.25) is 4.98 Å². The zero-order valence-corrected chi connectivity index (χ0v) is 15.9. The van der Waals surface area contributed by atoms with Crippen LogP contribution in [-0.4, -0.2) is 4.98 Å². The first kappa shape index (κ1) is 17.0. The van der Waals surface area contributed by atoms with E-state index in [-0.39, 0.29) is 5.41 Å². The molecule has 1 heterocycles.